The van der Waals surface area contributed by atoms with Gasteiger partial charge in [0, 0.05) is 27.8 Å². The van der Waals surface area contributed by atoms with Crippen LogP contribution in [0.3, 0.4) is 0 Å². The molecule has 0 bridgehead atoms. The van der Waals surface area contributed by atoms with Gasteiger partial charge in [-0.3, -0.25) is 4.98 Å². The van der Waals surface area contributed by atoms with Gasteiger partial charge < -0.3 is 0 Å². The summed E-state index contributed by atoms with van der Waals surface area (Å²) in [6.07, 6.45) is 10.6. The highest BCUT2D eigenvalue weighted by molar-refractivity contribution is 9.10. The van der Waals surface area contributed by atoms with Crippen molar-refractivity contribution in [3.63, 3.8) is 0 Å². The van der Waals surface area contributed by atoms with Gasteiger partial charge in [-0.25, -0.2) is 4.98 Å². The molecule has 0 fully saturated rings. The number of halogens is 1. The van der Waals surface area contributed by atoms with Crippen LogP contribution >= 0.6 is 27.3 Å². The predicted molar refractivity (Wildman–Crippen MR) is 95.3 cm³/mol. The zero-order valence-electron chi connectivity index (χ0n) is 12.1. The summed E-state index contributed by atoms with van der Waals surface area (Å²) >= 11 is 5.08. The van der Waals surface area contributed by atoms with E-state index in [1.807, 2.05) is 25.3 Å². The first kappa shape index (κ1) is 15.9. The Labute approximate surface area is 138 Å². The maximum Gasteiger partial charge on any atom is 0.125 e. The molecule has 2 heterocycles. The third-order valence-corrected chi connectivity index (χ3v) is 4.36. The number of allylic oxidation sites excluding steroid dienone is 5. The Bertz CT molecular complexity index is 698. The van der Waals surface area contributed by atoms with Crippen molar-refractivity contribution in [2.75, 3.05) is 0 Å². The molecule has 21 heavy (non-hydrogen) atoms. The molecular weight excluding hydrogens is 344 g/mol. The summed E-state index contributed by atoms with van der Waals surface area (Å²) in [4.78, 5) is 8.92. The molecule has 0 aromatic carbocycles. The first-order valence-corrected chi connectivity index (χ1v) is 8.38. The highest BCUT2D eigenvalue weighted by Gasteiger charge is 2.08. The Morgan fingerprint density at radius 2 is 2.19 bits per heavy atom. The molecule has 0 unspecified atom stereocenters. The Balaban J connectivity index is 2.32. The van der Waals surface area contributed by atoms with E-state index in [0.29, 0.717) is 0 Å². The van der Waals surface area contributed by atoms with Crippen molar-refractivity contribution < 1.29 is 0 Å². The van der Waals surface area contributed by atoms with Gasteiger partial charge in [-0.15, -0.1) is 11.3 Å². The van der Waals surface area contributed by atoms with Crippen LogP contribution in [0.4, 0.5) is 0 Å². The first-order valence-electron chi connectivity index (χ1n) is 6.70. The lowest BCUT2D eigenvalue weighted by Crippen LogP contribution is -1.85. The maximum atomic E-state index is 4.73. The van der Waals surface area contributed by atoms with E-state index in [1.165, 1.54) is 5.57 Å². The molecule has 0 aliphatic heterocycles. The number of rotatable bonds is 5. The molecule has 0 aliphatic rings. The number of hydrogen-bond acceptors (Lipinski definition) is 3. The first-order chi connectivity index (χ1) is 10.1. The zero-order valence-corrected chi connectivity index (χ0v) is 14.5. The molecule has 0 amide bonds. The molecule has 0 saturated heterocycles. The summed E-state index contributed by atoms with van der Waals surface area (Å²) in [7, 11) is 0. The highest BCUT2D eigenvalue weighted by Crippen LogP contribution is 2.28. The lowest BCUT2D eigenvalue weighted by molar-refractivity contribution is 1.20. The van der Waals surface area contributed by atoms with Gasteiger partial charge in [-0.05, 0) is 40.9 Å². The number of pyridine rings is 1. The molecule has 0 saturated carbocycles. The van der Waals surface area contributed by atoms with E-state index in [-0.39, 0.29) is 0 Å². The van der Waals surface area contributed by atoms with Gasteiger partial charge in [-0.1, -0.05) is 37.3 Å². The molecule has 2 rings (SSSR count). The Morgan fingerprint density at radius 1 is 1.38 bits per heavy atom. The van der Waals surface area contributed by atoms with Crippen LogP contribution in [-0.4, -0.2) is 9.97 Å². The van der Waals surface area contributed by atoms with Gasteiger partial charge in [0.15, 0.2) is 0 Å². The topological polar surface area (TPSA) is 25.8 Å². The summed E-state index contributed by atoms with van der Waals surface area (Å²) in [5.41, 5.74) is 4.44. The second kappa shape index (κ2) is 7.48. The van der Waals surface area contributed by atoms with Crippen LogP contribution in [0.2, 0.25) is 0 Å². The van der Waals surface area contributed by atoms with Gasteiger partial charge in [0.05, 0.1) is 5.69 Å². The van der Waals surface area contributed by atoms with Gasteiger partial charge in [0.1, 0.15) is 5.01 Å². The largest absolute Gasteiger partial charge is 0.263 e. The van der Waals surface area contributed by atoms with Gasteiger partial charge in [0.2, 0.25) is 0 Å². The van der Waals surface area contributed by atoms with E-state index in [0.717, 1.165) is 32.7 Å². The molecule has 2 aromatic rings. The fraction of sp³-hybridized carbons (Fsp3) is 0.176. The molecule has 0 N–H and O–H groups in total. The van der Waals surface area contributed by atoms with Crippen molar-refractivity contribution in [3.8, 4) is 10.6 Å². The standard InChI is InChI=1S/C17H17BrN2S/c1-4-12(3)6-7-13(5-2)16-11-21-17(20-16)14-8-15(18)10-19-9-14/h4,6-11H,1,5H2,2-3H3/b12-6-,13-7+. The molecule has 2 aromatic heterocycles. The number of nitrogens with zero attached hydrogens (tertiary/aromatic N) is 2. The normalized spacial score (nSPS) is 12.5. The summed E-state index contributed by atoms with van der Waals surface area (Å²) in [6.45, 7) is 7.95. The number of hydrogen-bond donors (Lipinski definition) is 0. The van der Waals surface area contributed by atoms with Crippen molar-refractivity contribution in [2.24, 2.45) is 0 Å². The predicted octanol–water partition coefficient (Wildman–Crippen LogP) is 5.89. The molecule has 0 aliphatic carbocycles. The summed E-state index contributed by atoms with van der Waals surface area (Å²) in [5.74, 6) is 0. The third-order valence-electron chi connectivity index (χ3n) is 3.04. The highest BCUT2D eigenvalue weighted by atomic mass is 79.9. The van der Waals surface area contributed by atoms with Crippen molar-refractivity contribution in [2.45, 2.75) is 20.3 Å². The van der Waals surface area contributed by atoms with E-state index in [9.17, 15) is 0 Å². The minimum atomic E-state index is 0.945. The lowest BCUT2D eigenvalue weighted by atomic mass is 10.1. The zero-order chi connectivity index (χ0) is 15.2. The molecule has 2 nitrogen and oxygen atoms in total. The van der Waals surface area contributed by atoms with Crippen LogP contribution in [0.25, 0.3) is 16.1 Å². The number of thiazole rings is 1. The van der Waals surface area contributed by atoms with Crippen LogP contribution in [0.1, 0.15) is 26.0 Å². The van der Waals surface area contributed by atoms with Crippen LogP contribution in [0.15, 0.2) is 58.7 Å². The van der Waals surface area contributed by atoms with E-state index in [1.54, 1.807) is 17.5 Å². The van der Waals surface area contributed by atoms with E-state index < -0.39 is 0 Å². The third kappa shape index (κ3) is 4.22. The molecular formula is C17H17BrN2S. The Morgan fingerprint density at radius 3 is 2.86 bits per heavy atom. The summed E-state index contributed by atoms with van der Waals surface area (Å²) in [5, 5.41) is 3.09. The molecule has 108 valence electrons. The van der Waals surface area contributed by atoms with Crippen LogP contribution < -0.4 is 0 Å². The quantitative estimate of drug-likeness (QED) is 0.620. The summed E-state index contributed by atoms with van der Waals surface area (Å²) < 4.78 is 0.965. The fourth-order valence-electron chi connectivity index (χ4n) is 1.77. The summed E-state index contributed by atoms with van der Waals surface area (Å²) in [6, 6.07) is 2.03. The van der Waals surface area contributed by atoms with E-state index >= 15 is 0 Å². The second-order valence-electron chi connectivity index (χ2n) is 4.59. The Hall–Kier alpha value is -1.52. The Kier molecular flexibility index (Phi) is 5.65. The van der Waals surface area contributed by atoms with Crippen molar-refractivity contribution in [3.05, 3.63) is 64.4 Å². The van der Waals surface area contributed by atoms with Crippen LogP contribution in [0.5, 0.6) is 0 Å². The minimum absolute atomic E-state index is 0.945. The average Bonchev–Trinajstić information content (AvgIpc) is 2.97. The molecule has 0 atom stereocenters. The molecule has 4 heteroatoms. The lowest BCUT2D eigenvalue weighted by Gasteiger charge is -1.99. The van der Waals surface area contributed by atoms with Crippen molar-refractivity contribution >= 4 is 32.8 Å². The minimum Gasteiger partial charge on any atom is -0.263 e. The maximum absolute atomic E-state index is 4.73. The van der Waals surface area contributed by atoms with Crippen molar-refractivity contribution in [1.29, 1.82) is 0 Å². The monoisotopic (exact) mass is 360 g/mol. The van der Waals surface area contributed by atoms with Gasteiger partial charge >= 0.3 is 0 Å². The molecule has 0 spiro atoms. The van der Waals surface area contributed by atoms with Gasteiger partial charge in [0.25, 0.3) is 0 Å². The SMILES string of the molecule is C=C/C(C)=C\C=C(/CC)c1csc(-c2cncc(Br)c2)n1. The van der Waals surface area contributed by atoms with Gasteiger partial charge in [-0.2, -0.15) is 0 Å². The fourth-order valence-corrected chi connectivity index (χ4v) is 2.96. The molecule has 0 radical (unpaired) electrons. The second-order valence-corrected chi connectivity index (χ2v) is 6.36. The van der Waals surface area contributed by atoms with Crippen molar-refractivity contribution in [1.82, 2.24) is 9.97 Å². The number of aromatic nitrogens is 2. The van der Waals surface area contributed by atoms with Crippen LogP contribution in [-0.2, 0) is 0 Å². The average molecular weight is 361 g/mol. The van der Waals surface area contributed by atoms with Crippen LogP contribution in [0, 0.1) is 0 Å². The van der Waals surface area contributed by atoms with E-state index in [4.69, 9.17) is 4.98 Å². The van der Waals surface area contributed by atoms with E-state index in [2.05, 4.69) is 51.9 Å². The smallest absolute Gasteiger partial charge is 0.125 e.